The van der Waals surface area contributed by atoms with Crippen molar-refractivity contribution in [1.29, 1.82) is 5.26 Å². The predicted octanol–water partition coefficient (Wildman–Crippen LogP) is 4.22. The highest BCUT2D eigenvalue weighted by Gasteiger charge is 2.46. The molecule has 4 heterocycles. The zero-order chi connectivity index (χ0) is 27.6. The number of fused-ring (bicyclic) bond motifs is 3. The van der Waals surface area contributed by atoms with Gasteiger partial charge >= 0.3 is 6.18 Å². The third-order valence-corrected chi connectivity index (χ3v) is 7.44. The molecule has 3 aromatic heterocycles. The van der Waals surface area contributed by atoms with Gasteiger partial charge in [0.1, 0.15) is 11.9 Å². The molecule has 0 amide bonds. The number of rotatable bonds is 5. The van der Waals surface area contributed by atoms with Crippen LogP contribution in [0.25, 0.3) is 16.9 Å². The van der Waals surface area contributed by atoms with Crippen molar-refractivity contribution >= 4 is 22.7 Å². The van der Waals surface area contributed by atoms with E-state index in [1.54, 1.807) is 26.0 Å². The average molecular weight is 535 g/mol. The fourth-order valence-corrected chi connectivity index (χ4v) is 5.17. The monoisotopic (exact) mass is 534 g/mol. The number of hydrogen-bond acceptors (Lipinski definition) is 7. The summed E-state index contributed by atoms with van der Waals surface area (Å²) >= 11 is 0. The smallest absolute Gasteiger partial charge is 0.324 e. The predicted molar refractivity (Wildman–Crippen MR) is 138 cm³/mol. The topological polar surface area (TPSA) is 113 Å². The highest BCUT2D eigenvalue weighted by Crippen LogP contribution is 2.50. The first-order chi connectivity index (χ1) is 18.5. The minimum absolute atomic E-state index is 0.0299. The Morgan fingerprint density at radius 1 is 1.18 bits per heavy atom. The van der Waals surface area contributed by atoms with Gasteiger partial charge in [0.05, 0.1) is 17.2 Å². The molecule has 2 N–H and O–H groups in total. The molecule has 200 valence electrons. The Labute approximate surface area is 221 Å². The summed E-state index contributed by atoms with van der Waals surface area (Å²) in [6.45, 7) is 3.48. The van der Waals surface area contributed by atoms with Gasteiger partial charge in [0.15, 0.2) is 11.5 Å². The van der Waals surface area contributed by atoms with E-state index in [9.17, 15) is 23.2 Å². The number of alkyl halides is 3. The lowest BCUT2D eigenvalue weighted by atomic mass is 9.88. The minimum Gasteiger partial charge on any atom is -0.324 e. The van der Waals surface area contributed by atoms with E-state index < -0.39 is 23.7 Å². The third-order valence-electron chi connectivity index (χ3n) is 7.44. The molecule has 0 saturated heterocycles. The van der Waals surface area contributed by atoms with Crippen molar-refractivity contribution in [3.63, 3.8) is 0 Å². The van der Waals surface area contributed by atoms with Crippen LogP contribution < -0.4 is 16.2 Å². The van der Waals surface area contributed by atoms with Gasteiger partial charge in [0.2, 0.25) is 5.95 Å². The zero-order valence-electron chi connectivity index (χ0n) is 21.3. The number of anilines is 2. The number of nitriles is 1. The van der Waals surface area contributed by atoms with Crippen LogP contribution in [0.4, 0.5) is 24.8 Å². The van der Waals surface area contributed by atoms with Gasteiger partial charge < -0.3 is 10.6 Å². The number of halogens is 3. The van der Waals surface area contributed by atoms with Crippen LogP contribution in [0.15, 0.2) is 47.4 Å². The standard InChI is InChI=1S/C27H25F3N8O/c1-25(2,13-31)20-4-3-5-21(35-20)38-22-18(23(39)37(38)15-27(28,29)30)12-33-24(36-22)34-17-6-7-19-16(10-17)11-32-14-26(19)8-9-26/h3-7,10,12,32H,8-9,11,14-15H2,1-2H3,(H,33,34,36). The lowest BCUT2D eigenvalue weighted by Crippen LogP contribution is -2.33. The van der Waals surface area contributed by atoms with Crippen LogP contribution in [0.1, 0.15) is 43.5 Å². The zero-order valence-corrected chi connectivity index (χ0v) is 21.3. The molecule has 0 bridgehead atoms. The largest absolute Gasteiger partial charge is 0.408 e. The Morgan fingerprint density at radius 2 is 1.97 bits per heavy atom. The Bertz CT molecular complexity index is 1710. The highest BCUT2D eigenvalue weighted by atomic mass is 19.4. The maximum absolute atomic E-state index is 13.5. The SMILES string of the molecule is CC(C)(C#N)c1cccc(-n2c3nc(Nc4ccc5c(c4)CNCC54CC4)ncc3c(=O)n2CC(F)(F)F)n1. The maximum Gasteiger partial charge on any atom is 0.408 e. The van der Waals surface area contributed by atoms with Crippen molar-refractivity contribution < 1.29 is 13.2 Å². The minimum atomic E-state index is -4.68. The molecule has 1 aliphatic heterocycles. The molecule has 0 unspecified atom stereocenters. The van der Waals surface area contributed by atoms with E-state index in [4.69, 9.17) is 0 Å². The third kappa shape index (κ3) is 4.42. The number of benzene rings is 1. The van der Waals surface area contributed by atoms with E-state index in [2.05, 4.69) is 37.7 Å². The van der Waals surface area contributed by atoms with Gasteiger partial charge in [-0.25, -0.2) is 19.3 Å². The Hall–Kier alpha value is -4.24. The number of aromatic nitrogens is 5. The van der Waals surface area contributed by atoms with Crippen LogP contribution in [0.3, 0.4) is 0 Å². The molecular formula is C27H25F3N8O. The van der Waals surface area contributed by atoms with Gasteiger partial charge in [-0.05, 0) is 62.1 Å². The second-order valence-electron chi connectivity index (χ2n) is 10.7. The van der Waals surface area contributed by atoms with Crippen LogP contribution in [-0.4, -0.2) is 37.0 Å². The first-order valence-electron chi connectivity index (χ1n) is 12.6. The molecule has 12 heteroatoms. The molecule has 6 rings (SSSR count). The fourth-order valence-electron chi connectivity index (χ4n) is 5.17. The molecule has 2 aliphatic rings. The summed E-state index contributed by atoms with van der Waals surface area (Å²) in [5, 5.41) is 16.1. The van der Waals surface area contributed by atoms with Crippen LogP contribution in [0, 0.1) is 11.3 Å². The number of nitrogens with zero attached hydrogens (tertiary/aromatic N) is 6. The number of hydrogen-bond donors (Lipinski definition) is 2. The number of nitrogens with one attached hydrogen (secondary N) is 2. The Kier molecular flexibility index (Phi) is 5.55. The summed E-state index contributed by atoms with van der Waals surface area (Å²) in [7, 11) is 0. The molecule has 39 heavy (non-hydrogen) atoms. The van der Waals surface area contributed by atoms with Gasteiger partial charge in [-0.2, -0.15) is 23.4 Å². The molecule has 1 spiro atoms. The second-order valence-corrected chi connectivity index (χ2v) is 10.7. The van der Waals surface area contributed by atoms with Crippen molar-refractivity contribution in [2.24, 2.45) is 0 Å². The van der Waals surface area contributed by atoms with E-state index >= 15 is 0 Å². The fraction of sp³-hybridized carbons (Fsp3) is 0.370. The molecule has 4 aromatic rings. The summed E-state index contributed by atoms with van der Waals surface area (Å²) in [6, 6.07) is 12.9. The Morgan fingerprint density at radius 3 is 2.69 bits per heavy atom. The lowest BCUT2D eigenvalue weighted by molar-refractivity contribution is -0.144. The molecule has 1 fully saturated rings. The van der Waals surface area contributed by atoms with E-state index in [-0.39, 0.29) is 28.2 Å². The Balaban J connectivity index is 1.45. The van der Waals surface area contributed by atoms with Gasteiger partial charge in [-0.3, -0.25) is 4.79 Å². The first kappa shape index (κ1) is 25.1. The number of pyridine rings is 1. The van der Waals surface area contributed by atoms with Crippen LogP contribution in [-0.2, 0) is 23.9 Å². The highest BCUT2D eigenvalue weighted by molar-refractivity contribution is 5.77. The summed E-state index contributed by atoms with van der Waals surface area (Å²) in [5.41, 5.74) is 1.89. The van der Waals surface area contributed by atoms with Crippen LogP contribution in [0.5, 0.6) is 0 Å². The molecule has 1 aliphatic carbocycles. The van der Waals surface area contributed by atoms with E-state index in [0.29, 0.717) is 10.4 Å². The molecule has 0 atom stereocenters. The van der Waals surface area contributed by atoms with E-state index in [1.807, 2.05) is 12.1 Å². The summed E-state index contributed by atoms with van der Waals surface area (Å²) in [6.07, 6.45) is -1.14. The van der Waals surface area contributed by atoms with Crippen molar-refractivity contribution in [2.45, 2.75) is 56.8 Å². The summed E-state index contributed by atoms with van der Waals surface area (Å²) in [5.74, 6) is 0.158. The quantitative estimate of drug-likeness (QED) is 0.394. The molecule has 9 nitrogen and oxygen atoms in total. The summed E-state index contributed by atoms with van der Waals surface area (Å²) < 4.78 is 42.2. The van der Waals surface area contributed by atoms with Gasteiger partial charge in [0.25, 0.3) is 5.56 Å². The summed E-state index contributed by atoms with van der Waals surface area (Å²) in [4.78, 5) is 26.2. The molecule has 0 radical (unpaired) electrons. The van der Waals surface area contributed by atoms with Gasteiger partial charge in [0, 0.05) is 30.4 Å². The second kappa shape index (κ2) is 8.64. The van der Waals surface area contributed by atoms with Crippen molar-refractivity contribution in [3.8, 4) is 11.9 Å². The average Bonchev–Trinajstić information content (AvgIpc) is 3.62. The van der Waals surface area contributed by atoms with E-state index in [1.165, 1.54) is 23.4 Å². The maximum atomic E-state index is 13.5. The van der Waals surface area contributed by atoms with Gasteiger partial charge in [-0.15, -0.1) is 0 Å². The molecule has 1 aromatic carbocycles. The normalized spacial score (nSPS) is 16.2. The first-order valence-corrected chi connectivity index (χ1v) is 12.6. The lowest BCUT2D eigenvalue weighted by Gasteiger charge is -2.26. The van der Waals surface area contributed by atoms with Crippen molar-refractivity contribution in [3.05, 3.63) is 69.8 Å². The van der Waals surface area contributed by atoms with Crippen LogP contribution >= 0.6 is 0 Å². The van der Waals surface area contributed by atoms with Crippen LogP contribution in [0.2, 0.25) is 0 Å². The van der Waals surface area contributed by atoms with Crippen molar-refractivity contribution in [1.82, 2.24) is 29.6 Å². The van der Waals surface area contributed by atoms with Gasteiger partial charge in [-0.1, -0.05) is 12.1 Å². The molecular weight excluding hydrogens is 509 g/mol. The molecule has 1 saturated carbocycles. The van der Waals surface area contributed by atoms with Crippen molar-refractivity contribution in [2.75, 3.05) is 11.9 Å². The van der Waals surface area contributed by atoms with E-state index in [0.717, 1.165) is 36.3 Å².